The summed E-state index contributed by atoms with van der Waals surface area (Å²) in [5, 5.41) is 4.63. The van der Waals surface area contributed by atoms with E-state index in [4.69, 9.17) is 4.98 Å². The number of nitrogens with zero attached hydrogens (tertiary/aromatic N) is 6. The maximum absolute atomic E-state index is 4.80. The fraction of sp³-hybridized carbons (Fsp3) is 0.200. The summed E-state index contributed by atoms with van der Waals surface area (Å²) in [5.41, 5.74) is 7.09. The topological polar surface area (TPSA) is 60.9 Å². The molecular weight excluding hydrogens is 324 g/mol. The van der Waals surface area contributed by atoms with Crippen LogP contribution in [0.1, 0.15) is 35.4 Å². The second-order valence-corrected chi connectivity index (χ2v) is 6.76. The lowest BCUT2D eigenvalue weighted by Crippen LogP contribution is -1.97. The lowest BCUT2D eigenvalue weighted by atomic mass is 10.1. The number of hydrogen-bond donors (Lipinski definition) is 0. The van der Waals surface area contributed by atoms with Crippen molar-refractivity contribution in [3.63, 3.8) is 0 Å². The van der Waals surface area contributed by atoms with Gasteiger partial charge in [-0.1, -0.05) is 24.3 Å². The van der Waals surface area contributed by atoms with Crippen LogP contribution in [-0.4, -0.2) is 29.1 Å². The first kappa shape index (κ1) is 15.0. The Bertz CT molecular complexity index is 1160. The average molecular weight is 342 g/mol. The van der Waals surface area contributed by atoms with Crippen molar-refractivity contribution in [2.24, 2.45) is 0 Å². The molecule has 26 heavy (non-hydrogen) atoms. The van der Waals surface area contributed by atoms with E-state index in [1.165, 1.54) is 11.1 Å². The molecule has 0 aliphatic carbocycles. The lowest BCUT2D eigenvalue weighted by Gasteiger charge is -1.97. The SMILES string of the molecule is C/C(=C\c1cn2c(n1)-c1ccccc1C2)c1nc2c(C)ncc(C)n2n1. The van der Waals surface area contributed by atoms with Crippen molar-refractivity contribution in [2.45, 2.75) is 27.3 Å². The van der Waals surface area contributed by atoms with Crippen molar-refractivity contribution in [2.75, 3.05) is 0 Å². The molecule has 6 nitrogen and oxygen atoms in total. The molecule has 4 aromatic rings. The Morgan fingerprint density at radius 2 is 2.00 bits per heavy atom. The van der Waals surface area contributed by atoms with E-state index < -0.39 is 0 Å². The Kier molecular flexibility index (Phi) is 3.09. The van der Waals surface area contributed by atoms with Gasteiger partial charge in [0.2, 0.25) is 0 Å². The third-order valence-electron chi connectivity index (χ3n) is 4.82. The van der Waals surface area contributed by atoms with Crippen LogP contribution in [0.3, 0.4) is 0 Å². The number of imidazole rings is 1. The van der Waals surface area contributed by atoms with Gasteiger partial charge in [-0.15, -0.1) is 5.10 Å². The number of fused-ring (bicyclic) bond motifs is 4. The van der Waals surface area contributed by atoms with Crippen molar-refractivity contribution < 1.29 is 0 Å². The molecule has 0 radical (unpaired) electrons. The van der Waals surface area contributed by atoms with Crippen LogP contribution in [0.15, 0.2) is 36.7 Å². The standard InChI is InChI=1S/C20H18N6/c1-12(18-23-19-14(3)21-9-13(2)26(19)24-18)8-16-11-25-10-15-6-4-5-7-17(15)20(25)22-16/h4-9,11H,10H2,1-3H3/b12-8+. The number of aryl methyl sites for hydroxylation is 2. The molecule has 1 aliphatic heterocycles. The van der Waals surface area contributed by atoms with Crippen molar-refractivity contribution in [1.82, 2.24) is 29.1 Å². The molecule has 1 aliphatic rings. The van der Waals surface area contributed by atoms with Crippen LogP contribution in [0, 0.1) is 13.8 Å². The Hall–Kier alpha value is -3.28. The van der Waals surface area contributed by atoms with Gasteiger partial charge in [-0.25, -0.2) is 14.5 Å². The maximum Gasteiger partial charge on any atom is 0.178 e. The van der Waals surface area contributed by atoms with Crippen LogP contribution < -0.4 is 0 Å². The fourth-order valence-corrected chi connectivity index (χ4v) is 3.45. The third kappa shape index (κ3) is 2.19. The zero-order valence-corrected chi connectivity index (χ0v) is 14.9. The monoisotopic (exact) mass is 342 g/mol. The van der Waals surface area contributed by atoms with Gasteiger partial charge in [0.1, 0.15) is 5.82 Å². The summed E-state index contributed by atoms with van der Waals surface area (Å²) in [6.07, 6.45) is 5.95. The second kappa shape index (κ2) is 5.36. The first-order chi connectivity index (χ1) is 12.6. The number of aromatic nitrogens is 6. The molecule has 0 unspecified atom stereocenters. The highest BCUT2D eigenvalue weighted by molar-refractivity contribution is 5.78. The quantitative estimate of drug-likeness (QED) is 0.492. The molecule has 5 rings (SSSR count). The van der Waals surface area contributed by atoms with Crippen LogP contribution in [0.25, 0.3) is 28.7 Å². The molecule has 4 heterocycles. The van der Waals surface area contributed by atoms with Crippen molar-refractivity contribution in [3.05, 3.63) is 65.1 Å². The Balaban J connectivity index is 1.55. The van der Waals surface area contributed by atoms with E-state index in [-0.39, 0.29) is 0 Å². The summed E-state index contributed by atoms with van der Waals surface area (Å²) in [6.45, 7) is 6.82. The van der Waals surface area contributed by atoms with E-state index in [2.05, 4.69) is 50.1 Å². The molecule has 0 saturated carbocycles. The van der Waals surface area contributed by atoms with E-state index >= 15 is 0 Å². The molecule has 128 valence electrons. The third-order valence-corrected chi connectivity index (χ3v) is 4.82. The largest absolute Gasteiger partial charge is 0.326 e. The van der Waals surface area contributed by atoms with Gasteiger partial charge in [0.15, 0.2) is 11.5 Å². The van der Waals surface area contributed by atoms with Gasteiger partial charge in [0.25, 0.3) is 0 Å². The van der Waals surface area contributed by atoms with Gasteiger partial charge in [-0.2, -0.15) is 0 Å². The predicted molar refractivity (Wildman–Crippen MR) is 101 cm³/mol. The van der Waals surface area contributed by atoms with Crippen LogP contribution in [0.5, 0.6) is 0 Å². The molecule has 0 saturated heterocycles. The first-order valence-electron chi connectivity index (χ1n) is 8.63. The minimum Gasteiger partial charge on any atom is -0.326 e. The molecule has 0 N–H and O–H groups in total. The van der Waals surface area contributed by atoms with Crippen molar-refractivity contribution in [1.29, 1.82) is 0 Å². The lowest BCUT2D eigenvalue weighted by molar-refractivity contribution is 0.847. The molecule has 0 atom stereocenters. The van der Waals surface area contributed by atoms with E-state index in [1.54, 1.807) is 0 Å². The number of hydrogen-bond acceptors (Lipinski definition) is 4. The highest BCUT2D eigenvalue weighted by Crippen LogP contribution is 2.31. The minimum atomic E-state index is 0.706. The van der Waals surface area contributed by atoms with E-state index in [1.807, 2.05) is 37.6 Å². The highest BCUT2D eigenvalue weighted by Gasteiger charge is 2.20. The molecule has 0 fully saturated rings. The van der Waals surface area contributed by atoms with Crippen molar-refractivity contribution >= 4 is 17.3 Å². The molecule has 0 amide bonds. The molecule has 6 heteroatoms. The average Bonchev–Trinajstić information content (AvgIpc) is 3.31. The Labute approximate surface area is 150 Å². The first-order valence-corrected chi connectivity index (χ1v) is 8.63. The normalized spacial score (nSPS) is 13.3. The number of rotatable bonds is 2. The smallest absolute Gasteiger partial charge is 0.178 e. The van der Waals surface area contributed by atoms with Gasteiger partial charge in [-0.05, 0) is 38.0 Å². The van der Waals surface area contributed by atoms with Crippen molar-refractivity contribution in [3.8, 4) is 11.4 Å². The van der Waals surface area contributed by atoms with Gasteiger partial charge in [0, 0.05) is 24.5 Å². The number of benzene rings is 1. The Morgan fingerprint density at radius 3 is 2.85 bits per heavy atom. The summed E-state index contributed by atoms with van der Waals surface area (Å²) in [4.78, 5) is 13.8. The van der Waals surface area contributed by atoms with Crippen LogP contribution in [0.2, 0.25) is 0 Å². The summed E-state index contributed by atoms with van der Waals surface area (Å²) in [7, 11) is 0. The summed E-state index contributed by atoms with van der Waals surface area (Å²) in [5.74, 6) is 1.73. The van der Waals surface area contributed by atoms with Gasteiger partial charge >= 0.3 is 0 Å². The molecule has 1 aromatic carbocycles. The maximum atomic E-state index is 4.80. The summed E-state index contributed by atoms with van der Waals surface area (Å²) >= 11 is 0. The minimum absolute atomic E-state index is 0.706. The van der Waals surface area contributed by atoms with Gasteiger partial charge in [0.05, 0.1) is 17.1 Å². The van der Waals surface area contributed by atoms with Crippen LogP contribution >= 0.6 is 0 Å². The van der Waals surface area contributed by atoms with E-state index in [0.717, 1.165) is 40.7 Å². The molecule has 3 aromatic heterocycles. The zero-order valence-electron chi connectivity index (χ0n) is 14.9. The summed E-state index contributed by atoms with van der Waals surface area (Å²) < 4.78 is 4.04. The van der Waals surface area contributed by atoms with Crippen LogP contribution in [-0.2, 0) is 6.54 Å². The van der Waals surface area contributed by atoms with Crippen LogP contribution in [0.4, 0.5) is 0 Å². The molecule has 0 bridgehead atoms. The molecule has 0 spiro atoms. The van der Waals surface area contributed by atoms with E-state index in [9.17, 15) is 0 Å². The Morgan fingerprint density at radius 1 is 1.15 bits per heavy atom. The predicted octanol–water partition coefficient (Wildman–Crippen LogP) is 3.53. The van der Waals surface area contributed by atoms with Gasteiger partial charge in [-0.3, -0.25) is 4.98 Å². The van der Waals surface area contributed by atoms with Gasteiger partial charge < -0.3 is 4.57 Å². The second-order valence-electron chi connectivity index (χ2n) is 6.76. The van der Waals surface area contributed by atoms with E-state index in [0.29, 0.717) is 5.82 Å². The summed E-state index contributed by atoms with van der Waals surface area (Å²) in [6, 6.07) is 8.42. The zero-order chi connectivity index (χ0) is 17.8. The fourth-order valence-electron chi connectivity index (χ4n) is 3.45. The number of allylic oxidation sites excluding steroid dienone is 1. The highest BCUT2D eigenvalue weighted by atomic mass is 15.3. The molecular formula is C20H18N6.